The third-order valence-corrected chi connectivity index (χ3v) is 6.65. The number of benzene rings is 2. The highest BCUT2D eigenvalue weighted by atomic mass is 35.5. The number of sulfonamides is 1. The summed E-state index contributed by atoms with van der Waals surface area (Å²) >= 11 is 5.98. The maximum absolute atomic E-state index is 12.8. The second kappa shape index (κ2) is 8.20. The van der Waals surface area contributed by atoms with Crippen LogP contribution in [0.25, 0.3) is 0 Å². The van der Waals surface area contributed by atoms with Gasteiger partial charge in [-0.1, -0.05) is 37.6 Å². The zero-order valence-electron chi connectivity index (χ0n) is 15.3. The standard InChI is InChI=1S/C19H23ClN2O3S/c1-5-22(6-2)26(24,25)18-11-15(9-7-14(18)4)19(23)21-17-12-16(20)10-8-13(17)3/h7-12H,5-6H2,1-4H3,(H,21,23). The Kier molecular flexibility index (Phi) is 6.44. The minimum Gasteiger partial charge on any atom is -0.322 e. The maximum atomic E-state index is 12.8. The molecule has 0 aromatic heterocycles. The molecular formula is C19H23ClN2O3S. The Hall–Kier alpha value is -1.89. The average molecular weight is 395 g/mol. The summed E-state index contributed by atoms with van der Waals surface area (Å²) in [6, 6.07) is 9.91. The summed E-state index contributed by atoms with van der Waals surface area (Å²) in [7, 11) is -3.64. The first kappa shape index (κ1) is 20.4. The minimum atomic E-state index is -3.64. The SMILES string of the molecule is CCN(CC)S(=O)(=O)c1cc(C(=O)Nc2cc(Cl)ccc2C)ccc1C. The van der Waals surface area contributed by atoms with Crippen LogP contribution in [0, 0.1) is 13.8 Å². The van der Waals surface area contributed by atoms with E-state index >= 15 is 0 Å². The molecule has 0 bridgehead atoms. The highest BCUT2D eigenvalue weighted by Gasteiger charge is 2.24. The van der Waals surface area contributed by atoms with E-state index in [2.05, 4.69) is 5.32 Å². The summed E-state index contributed by atoms with van der Waals surface area (Å²) in [5.41, 5.74) is 2.34. The number of halogens is 1. The quantitative estimate of drug-likeness (QED) is 0.796. The monoisotopic (exact) mass is 394 g/mol. The van der Waals surface area contributed by atoms with Crippen molar-refractivity contribution in [3.63, 3.8) is 0 Å². The molecule has 0 aliphatic heterocycles. The second-order valence-corrected chi connectivity index (χ2v) is 8.33. The molecule has 0 atom stereocenters. The molecule has 0 spiro atoms. The van der Waals surface area contributed by atoms with Gasteiger partial charge in [0.2, 0.25) is 10.0 Å². The first-order valence-corrected chi connectivity index (χ1v) is 10.2. The number of carbonyl (C=O) groups is 1. The fourth-order valence-electron chi connectivity index (χ4n) is 2.65. The van der Waals surface area contributed by atoms with Crippen LogP contribution in [0.1, 0.15) is 35.3 Å². The van der Waals surface area contributed by atoms with Crippen LogP contribution in [-0.4, -0.2) is 31.7 Å². The molecule has 5 nitrogen and oxygen atoms in total. The first-order chi connectivity index (χ1) is 12.2. The largest absolute Gasteiger partial charge is 0.322 e. The molecule has 0 saturated carbocycles. The molecule has 0 heterocycles. The van der Waals surface area contributed by atoms with Gasteiger partial charge in [-0.2, -0.15) is 4.31 Å². The van der Waals surface area contributed by atoms with Crippen LogP contribution in [0.3, 0.4) is 0 Å². The lowest BCUT2D eigenvalue weighted by atomic mass is 10.1. The minimum absolute atomic E-state index is 0.150. The lowest BCUT2D eigenvalue weighted by Gasteiger charge is -2.20. The van der Waals surface area contributed by atoms with Crippen LogP contribution in [0.4, 0.5) is 5.69 Å². The van der Waals surface area contributed by atoms with Gasteiger partial charge in [0.1, 0.15) is 0 Å². The predicted molar refractivity (Wildman–Crippen MR) is 105 cm³/mol. The van der Waals surface area contributed by atoms with E-state index in [1.807, 2.05) is 13.0 Å². The van der Waals surface area contributed by atoms with Gasteiger partial charge in [0.15, 0.2) is 0 Å². The molecule has 26 heavy (non-hydrogen) atoms. The Balaban J connectivity index is 2.40. The Morgan fingerprint density at radius 1 is 1.04 bits per heavy atom. The smallest absolute Gasteiger partial charge is 0.255 e. The highest BCUT2D eigenvalue weighted by molar-refractivity contribution is 7.89. The molecule has 7 heteroatoms. The lowest BCUT2D eigenvalue weighted by molar-refractivity contribution is 0.102. The van der Waals surface area contributed by atoms with E-state index in [0.29, 0.717) is 29.4 Å². The van der Waals surface area contributed by atoms with Crippen LogP contribution in [0.5, 0.6) is 0 Å². The van der Waals surface area contributed by atoms with Crippen molar-refractivity contribution in [1.82, 2.24) is 4.31 Å². The number of nitrogens with zero attached hydrogens (tertiary/aromatic N) is 1. The Labute approximate surface area is 160 Å². The molecule has 2 aromatic carbocycles. The van der Waals surface area contributed by atoms with Crippen molar-refractivity contribution in [2.24, 2.45) is 0 Å². The number of hydrogen-bond acceptors (Lipinski definition) is 3. The molecule has 0 aliphatic rings. The zero-order chi connectivity index (χ0) is 19.5. The molecule has 1 N–H and O–H groups in total. The van der Waals surface area contributed by atoms with Crippen molar-refractivity contribution in [1.29, 1.82) is 0 Å². The molecule has 0 unspecified atom stereocenters. The summed E-state index contributed by atoms with van der Waals surface area (Å²) in [6.45, 7) is 7.90. The second-order valence-electron chi connectivity index (χ2n) is 5.98. The number of anilines is 1. The van der Waals surface area contributed by atoms with Gasteiger partial charge in [0.25, 0.3) is 5.91 Å². The van der Waals surface area contributed by atoms with Crippen molar-refractivity contribution >= 4 is 33.2 Å². The summed E-state index contributed by atoms with van der Waals surface area (Å²) < 4.78 is 27.0. The van der Waals surface area contributed by atoms with Gasteiger partial charge in [-0.25, -0.2) is 8.42 Å². The van der Waals surface area contributed by atoms with Crippen molar-refractivity contribution in [2.75, 3.05) is 18.4 Å². The van der Waals surface area contributed by atoms with Gasteiger partial charge in [0, 0.05) is 29.4 Å². The summed E-state index contributed by atoms with van der Waals surface area (Å²) in [4.78, 5) is 12.8. The molecular weight excluding hydrogens is 372 g/mol. The third-order valence-electron chi connectivity index (χ3n) is 4.22. The number of hydrogen-bond donors (Lipinski definition) is 1. The van der Waals surface area contributed by atoms with Crippen molar-refractivity contribution < 1.29 is 13.2 Å². The normalized spacial score (nSPS) is 11.6. The number of aryl methyl sites for hydroxylation is 2. The summed E-state index contributed by atoms with van der Waals surface area (Å²) in [6.07, 6.45) is 0. The fraction of sp³-hybridized carbons (Fsp3) is 0.316. The van der Waals surface area contributed by atoms with Crippen molar-refractivity contribution in [3.8, 4) is 0 Å². The Morgan fingerprint density at radius 2 is 1.65 bits per heavy atom. The summed E-state index contributed by atoms with van der Waals surface area (Å²) in [5.74, 6) is -0.383. The lowest BCUT2D eigenvalue weighted by Crippen LogP contribution is -2.31. The molecule has 0 saturated heterocycles. The van der Waals surface area contributed by atoms with Crippen LogP contribution in [0.15, 0.2) is 41.3 Å². The van der Waals surface area contributed by atoms with Crippen LogP contribution < -0.4 is 5.32 Å². The number of nitrogens with one attached hydrogen (secondary N) is 1. The van der Waals surface area contributed by atoms with Gasteiger partial charge in [-0.15, -0.1) is 0 Å². The van der Waals surface area contributed by atoms with Gasteiger partial charge in [0.05, 0.1) is 4.90 Å². The summed E-state index contributed by atoms with van der Waals surface area (Å²) in [5, 5.41) is 3.30. The zero-order valence-corrected chi connectivity index (χ0v) is 16.9. The molecule has 1 amide bonds. The maximum Gasteiger partial charge on any atom is 0.255 e. The first-order valence-electron chi connectivity index (χ1n) is 8.39. The highest BCUT2D eigenvalue weighted by Crippen LogP contribution is 2.24. The number of carbonyl (C=O) groups excluding carboxylic acids is 1. The fourth-order valence-corrected chi connectivity index (χ4v) is 4.53. The molecule has 140 valence electrons. The number of rotatable bonds is 6. The number of amides is 1. The van der Waals surface area contributed by atoms with E-state index in [0.717, 1.165) is 5.56 Å². The van der Waals surface area contributed by atoms with Gasteiger partial charge >= 0.3 is 0 Å². The van der Waals surface area contributed by atoms with E-state index in [-0.39, 0.29) is 16.4 Å². The van der Waals surface area contributed by atoms with E-state index in [9.17, 15) is 13.2 Å². The Morgan fingerprint density at radius 3 is 2.27 bits per heavy atom. The van der Waals surface area contributed by atoms with Crippen LogP contribution in [0.2, 0.25) is 5.02 Å². The van der Waals surface area contributed by atoms with Gasteiger partial charge in [-0.05, 0) is 49.2 Å². The molecule has 0 radical (unpaired) electrons. The topological polar surface area (TPSA) is 66.5 Å². The van der Waals surface area contributed by atoms with E-state index in [1.165, 1.54) is 10.4 Å². The molecule has 2 rings (SSSR count). The van der Waals surface area contributed by atoms with Gasteiger partial charge < -0.3 is 5.32 Å². The van der Waals surface area contributed by atoms with Crippen LogP contribution in [-0.2, 0) is 10.0 Å². The van der Waals surface area contributed by atoms with Gasteiger partial charge in [-0.3, -0.25) is 4.79 Å². The Bertz CT molecular complexity index is 922. The molecule has 0 aliphatic carbocycles. The third kappa shape index (κ3) is 4.26. The van der Waals surface area contributed by atoms with E-state index in [4.69, 9.17) is 11.6 Å². The van der Waals surface area contributed by atoms with Crippen molar-refractivity contribution in [3.05, 3.63) is 58.1 Å². The van der Waals surface area contributed by atoms with Crippen LogP contribution >= 0.6 is 11.6 Å². The average Bonchev–Trinajstić information content (AvgIpc) is 2.59. The molecule has 0 fully saturated rings. The van der Waals surface area contributed by atoms with E-state index < -0.39 is 10.0 Å². The van der Waals surface area contributed by atoms with E-state index in [1.54, 1.807) is 45.0 Å². The van der Waals surface area contributed by atoms with Crippen molar-refractivity contribution in [2.45, 2.75) is 32.6 Å². The molecule has 2 aromatic rings. The predicted octanol–water partition coefficient (Wildman–Crippen LogP) is 4.24.